The van der Waals surface area contributed by atoms with Crippen molar-refractivity contribution in [1.82, 2.24) is 15.5 Å². The van der Waals surface area contributed by atoms with Gasteiger partial charge < -0.3 is 15.5 Å². The van der Waals surface area contributed by atoms with Gasteiger partial charge in [0.1, 0.15) is 12.4 Å². The first-order valence-corrected chi connectivity index (χ1v) is 9.00. The van der Waals surface area contributed by atoms with Crippen molar-refractivity contribution >= 4 is 35.8 Å². The van der Waals surface area contributed by atoms with Gasteiger partial charge in [-0.25, -0.2) is 9.38 Å². The molecule has 0 aliphatic carbocycles. The van der Waals surface area contributed by atoms with E-state index in [9.17, 15) is 9.18 Å². The highest BCUT2D eigenvalue weighted by molar-refractivity contribution is 14.0. The van der Waals surface area contributed by atoms with Gasteiger partial charge in [-0.2, -0.15) is 0 Å². The molecule has 0 radical (unpaired) electrons. The number of likely N-dealkylation sites (N-methyl/N-ethyl adjacent to an activating group) is 1. The second-order valence-corrected chi connectivity index (χ2v) is 6.54. The van der Waals surface area contributed by atoms with Gasteiger partial charge >= 0.3 is 0 Å². The minimum atomic E-state index is -0.242. The number of hydrogen-bond acceptors (Lipinski definition) is 2. The SMILES string of the molecule is CC(NC(=NCC(=O)N(C)C)NCCc1cccc(F)c1)c1ccccc1.I. The van der Waals surface area contributed by atoms with E-state index in [0.29, 0.717) is 18.9 Å². The summed E-state index contributed by atoms with van der Waals surface area (Å²) in [6.45, 7) is 2.67. The zero-order valence-electron chi connectivity index (χ0n) is 16.5. The molecule has 0 spiro atoms. The molecule has 2 aromatic rings. The number of hydrogen-bond donors (Lipinski definition) is 2. The monoisotopic (exact) mass is 498 g/mol. The fourth-order valence-corrected chi connectivity index (χ4v) is 2.49. The van der Waals surface area contributed by atoms with E-state index in [1.807, 2.05) is 43.3 Å². The van der Waals surface area contributed by atoms with Crippen LogP contribution in [0.4, 0.5) is 4.39 Å². The van der Waals surface area contributed by atoms with E-state index in [4.69, 9.17) is 0 Å². The summed E-state index contributed by atoms with van der Waals surface area (Å²) in [5, 5.41) is 6.55. The fraction of sp³-hybridized carbons (Fsp3) is 0.333. The number of benzene rings is 2. The van der Waals surface area contributed by atoms with E-state index >= 15 is 0 Å². The Morgan fingerprint density at radius 2 is 1.86 bits per heavy atom. The molecular weight excluding hydrogens is 470 g/mol. The third-order valence-electron chi connectivity index (χ3n) is 4.12. The van der Waals surface area contributed by atoms with Crippen LogP contribution >= 0.6 is 24.0 Å². The lowest BCUT2D eigenvalue weighted by Gasteiger charge is -2.19. The van der Waals surface area contributed by atoms with E-state index in [0.717, 1.165) is 11.1 Å². The third-order valence-corrected chi connectivity index (χ3v) is 4.12. The fourth-order valence-electron chi connectivity index (χ4n) is 2.49. The average Bonchev–Trinajstić information content (AvgIpc) is 2.66. The molecule has 2 aromatic carbocycles. The van der Waals surface area contributed by atoms with E-state index in [2.05, 4.69) is 15.6 Å². The number of guanidine groups is 1. The molecule has 0 saturated heterocycles. The average molecular weight is 498 g/mol. The maximum Gasteiger partial charge on any atom is 0.243 e. The smallest absolute Gasteiger partial charge is 0.243 e. The number of rotatable bonds is 7. The van der Waals surface area contributed by atoms with Crippen LogP contribution < -0.4 is 10.6 Å². The predicted molar refractivity (Wildman–Crippen MR) is 123 cm³/mol. The van der Waals surface area contributed by atoms with E-state index < -0.39 is 0 Å². The first kappa shape index (κ1) is 23.9. The van der Waals surface area contributed by atoms with Gasteiger partial charge in [0.25, 0.3) is 0 Å². The minimum Gasteiger partial charge on any atom is -0.356 e. The summed E-state index contributed by atoms with van der Waals surface area (Å²) in [5.74, 6) is 0.236. The van der Waals surface area contributed by atoms with Crippen LogP contribution in [0.1, 0.15) is 24.1 Å². The maximum absolute atomic E-state index is 13.3. The molecule has 7 heteroatoms. The first-order chi connectivity index (χ1) is 13.0. The van der Waals surface area contributed by atoms with E-state index in [-0.39, 0.29) is 48.3 Å². The predicted octanol–water partition coefficient (Wildman–Crippen LogP) is 3.37. The molecule has 0 aliphatic rings. The van der Waals surface area contributed by atoms with Crippen LogP contribution in [-0.4, -0.2) is 44.0 Å². The van der Waals surface area contributed by atoms with Gasteiger partial charge in [0.2, 0.25) is 5.91 Å². The molecule has 0 aromatic heterocycles. The molecule has 5 nitrogen and oxygen atoms in total. The van der Waals surface area contributed by atoms with E-state index in [1.54, 1.807) is 20.2 Å². The number of nitrogens with one attached hydrogen (secondary N) is 2. The third kappa shape index (κ3) is 8.24. The molecule has 1 unspecified atom stereocenters. The summed E-state index contributed by atoms with van der Waals surface area (Å²) in [6.07, 6.45) is 0.653. The van der Waals surface area contributed by atoms with Gasteiger partial charge in [0.15, 0.2) is 5.96 Å². The summed E-state index contributed by atoms with van der Waals surface area (Å²) in [4.78, 5) is 17.8. The Bertz CT molecular complexity index is 768. The number of aliphatic imine (C=N–C) groups is 1. The molecule has 0 saturated carbocycles. The highest BCUT2D eigenvalue weighted by Crippen LogP contribution is 2.10. The molecule has 1 amide bonds. The maximum atomic E-state index is 13.3. The number of nitrogens with zero attached hydrogens (tertiary/aromatic N) is 2. The van der Waals surface area contributed by atoms with Crippen molar-refractivity contribution in [1.29, 1.82) is 0 Å². The zero-order chi connectivity index (χ0) is 19.6. The number of amides is 1. The van der Waals surface area contributed by atoms with Crippen molar-refractivity contribution in [3.8, 4) is 0 Å². The second-order valence-electron chi connectivity index (χ2n) is 6.54. The zero-order valence-corrected chi connectivity index (χ0v) is 18.8. The van der Waals surface area contributed by atoms with Crippen LogP contribution in [0.15, 0.2) is 59.6 Å². The summed E-state index contributed by atoms with van der Waals surface area (Å²) < 4.78 is 13.3. The summed E-state index contributed by atoms with van der Waals surface area (Å²) in [6, 6.07) is 16.6. The van der Waals surface area contributed by atoms with Gasteiger partial charge in [0.05, 0.1) is 6.04 Å². The van der Waals surface area contributed by atoms with Crippen LogP contribution in [0.25, 0.3) is 0 Å². The normalized spacial score (nSPS) is 11.9. The lowest BCUT2D eigenvalue weighted by Crippen LogP contribution is -2.40. The van der Waals surface area contributed by atoms with E-state index in [1.165, 1.54) is 17.0 Å². The Balaban J connectivity index is 0.00000392. The van der Waals surface area contributed by atoms with Crippen LogP contribution in [0.2, 0.25) is 0 Å². The van der Waals surface area contributed by atoms with Crippen molar-refractivity contribution < 1.29 is 9.18 Å². The van der Waals surface area contributed by atoms with Gasteiger partial charge in [-0.1, -0.05) is 42.5 Å². The molecule has 0 bridgehead atoms. The van der Waals surface area contributed by atoms with Crippen LogP contribution in [0, 0.1) is 5.82 Å². The van der Waals surface area contributed by atoms with Crippen LogP contribution in [0.3, 0.4) is 0 Å². The summed E-state index contributed by atoms with van der Waals surface area (Å²) in [7, 11) is 3.41. The Hall–Kier alpha value is -2.16. The molecule has 28 heavy (non-hydrogen) atoms. The van der Waals surface area contributed by atoms with Crippen LogP contribution in [-0.2, 0) is 11.2 Å². The Kier molecular flexibility index (Phi) is 10.5. The Labute approximate surface area is 183 Å². The molecule has 0 heterocycles. The van der Waals surface area contributed by atoms with Crippen molar-refractivity contribution in [3.05, 3.63) is 71.5 Å². The van der Waals surface area contributed by atoms with Crippen molar-refractivity contribution in [3.63, 3.8) is 0 Å². The summed E-state index contributed by atoms with van der Waals surface area (Å²) in [5.41, 5.74) is 2.03. The Morgan fingerprint density at radius 1 is 1.14 bits per heavy atom. The molecule has 0 aliphatic heterocycles. The lowest BCUT2D eigenvalue weighted by molar-refractivity contribution is -0.127. The first-order valence-electron chi connectivity index (χ1n) is 9.00. The highest BCUT2D eigenvalue weighted by atomic mass is 127. The molecule has 1 atom stereocenters. The molecule has 152 valence electrons. The topological polar surface area (TPSA) is 56.7 Å². The van der Waals surface area contributed by atoms with Crippen molar-refractivity contribution in [2.75, 3.05) is 27.2 Å². The number of carbonyl (C=O) groups excluding carboxylic acids is 1. The van der Waals surface area contributed by atoms with Crippen molar-refractivity contribution in [2.45, 2.75) is 19.4 Å². The highest BCUT2D eigenvalue weighted by Gasteiger charge is 2.09. The number of halogens is 2. The quantitative estimate of drug-likeness (QED) is 0.350. The molecule has 2 rings (SSSR count). The molecular formula is C21H28FIN4O. The number of carbonyl (C=O) groups is 1. The lowest BCUT2D eigenvalue weighted by atomic mass is 10.1. The molecule has 0 fully saturated rings. The minimum absolute atomic E-state index is 0. The van der Waals surface area contributed by atoms with Crippen LogP contribution in [0.5, 0.6) is 0 Å². The second kappa shape index (κ2) is 12.3. The van der Waals surface area contributed by atoms with Gasteiger partial charge in [-0.3, -0.25) is 4.79 Å². The van der Waals surface area contributed by atoms with Crippen molar-refractivity contribution in [2.24, 2.45) is 4.99 Å². The summed E-state index contributed by atoms with van der Waals surface area (Å²) >= 11 is 0. The van der Waals surface area contributed by atoms with Gasteiger partial charge in [-0.15, -0.1) is 24.0 Å². The largest absolute Gasteiger partial charge is 0.356 e. The standard InChI is InChI=1S/C21H27FN4O.HI/c1-16(18-9-5-4-6-10-18)25-21(24-15-20(27)26(2)3)23-13-12-17-8-7-11-19(22)14-17;/h4-11,14,16H,12-13,15H2,1-3H3,(H2,23,24,25);1H. The Morgan fingerprint density at radius 3 is 2.50 bits per heavy atom. The van der Waals surface area contributed by atoms with Gasteiger partial charge in [-0.05, 0) is 36.6 Å². The van der Waals surface area contributed by atoms with Gasteiger partial charge in [0, 0.05) is 20.6 Å². The molecule has 2 N–H and O–H groups in total.